The van der Waals surface area contributed by atoms with E-state index < -0.39 is 47.9 Å². The van der Waals surface area contributed by atoms with Crippen molar-refractivity contribution in [3.8, 4) is 5.75 Å². The average Bonchev–Trinajstić information content (AvgIpc) is 3.74. The highest BCUT2D eigenvalue weighted by molar-refractivity contribution is 7.12. The van der Waals surface area contributed by atoms with E-state index in [1.807, 2.05) is 12.2 Å². The van der Waals surface area contributed by atoms with Gasteiger partial charge in [0.25, 0.3) is 17.7 Å². The Labute approximate surface area is 232 Å². The second kappa shape index (κ2) is 9.91. The fourth-order valence-electron chi connectivity index (χ4n) is 5.62. The number of Topliss-reactive ketones (excluding diaryl/α,β-unsaturated/α-hetero) is 1. The van der Waals surface area contributed by atoms with Gasteiger partial charge in [-0.1, -0.05) is 42.0 Å². The summed E-state index contributed by atoms with van der Waals surface area (Å²) in [4.78, 5) is 66.7. The number of carbonyl (C=O) groups is 5. The Hall–Kier alpha value is -4.08. The first-order valence-electron chi connectivity index (χ1n) is 12.3. The average molecular weight is 561 g/mol. The van der Waals surface area contributed by atoms with Crippen LogP contribution in [0.4, 0.5) is 0 Å². The van der Waals surface area contributed by atoms with Crippen LogP contribution in [0, 0.1) is 23.7 Å². The van der Waals surface area contributed by atoms with E-state index in [-0.39, 0.29) is 33.7 Å². The van der Waals surface area contributed by atoms with E-state index in [9.17, 15) is 24.0 Å². The Morgan fingerprint density at radius 2 is 1.59 bits per heavy atom. The molecule has 2 aliphatic carbocycles. The number of fused-ring (bicyclic) bond motifs is 5. The summed E-state index contributed by atoms with van der Waals surface area (Å²) in [5, 5.41) is 3.66. The summed E-state index contributed by atoms with van der Waals surface area (Å²) in [5.41, 5.74) is 0.283. The molecule has 4 atom stereocenters. The fraction of sp³-hybridized carbons (Fsp3) is 0.207. The van der Waals surface area contributed by atoms with Gasteiger partial charge in [0, 0.05) is 5.56 Å². The molecule has 1 saturated carbocycles. The number of imide groups is 1. The van der Waals surface area contributed by atoms with Crippen molar-refractivity contribution in [2.24, 2.45) is 23.7 Å². The topological polar surface area (TPSA) is 101 Å². The van der Waals surface area contributed by atoms with Gasteiger partial charge in [0.05, 0.1) is 22.4 Å². The van der Waals surface area contributed by atoms with Crippen LogP contribution in [-0.4, -0.2) is 46.0 Å². The summed E-state index contributed by atoms with van der Waals surface area (Å²) in [6.07, 6.45) is 4.65. The second-order valence-electron chi connectivity index (χ2n) is 9.65. The van der Waals surface area contributed by atoms with Crippen LogP contribution in [0.25, 0.3) is 0 Å². The number of carbonyl (C=O) groups excluding carboxylic acids is 5. The monoisotopic (exact) mass is 560 g/mol. The first-order chi connectivity index (χ1) is 18.8. The molecule has 3 aliphatic rings. The molecule has 1 aromatic heterocycles. The van der Waals surface area contributed by atoms with Crippen LogP contribution in [0.15, 0.2) is 78.2 Å². The number of ketones is 1. The Bertz CT molecular complexity index is 1500. The Balaban J connectivity index is 1.26. The third-order valence-electron chi connectivity index (χ3n) is 7.43. The molecular formula is C29H21ClN2O6S. The number of rotatable bonds is 7. The zero-order chi connectivity index (χ0) is 27.3. The van der Waals surface area contributed by atoms with Crippen LogP contribution < -0.4 is 4.74 Å². The predicted molar refractivity (Wildman–Crippen MR) is 142 cm³/mol. The molecule has 6 rings (SSSR count). The van der Waals surface area contributed by atoms with Crippen LogP contribution in [-0.2, 0) is 9.59 Å². The summed E-state index contributed by atoms with van der Waals surface area (Å²) in [6, 6.07) is 15.5. The number of hydrazine groups is 1. The molecule has 2 bridgehead atoms. The number of hydrogen-bond acceptors (Lipinski definition) is 7. The van der Waals surface area contributed by atoms with E-state index in [0.29, 0.717) is 4.88 Å². The summed E-state index contributed by atoms with van der Waals surface area (Å²) in [7, 11) is 0. The Morgan fingerprint density at radius 3 is 2.21 bits per heavy atom. The minimum absolute atomic E-state index is 0.0566. The van der Waals surface area contributed by atoms with Gasteiger partial charge in [0.15, 0.2) is 5.78 Å². The smallest absolute Gasteiger partial charge is 0.353 e. The van der Waals surface area contributed by atoms with E-state index in [0.717, 1.165) is 16.4 Å². The normalized spacial score (nSPS) is 22.7. The molecule has 8 nitrogen and oxygen atoms in total. The van der Waals surface area contributed by atoms with Crippen molar-refractivity contribution < 1.29 is 28.7 Å². The van der Waals surface area contributed by atoms with Gasteiger partial charge in [-0.15, -0.1) is 11.3 Å². The summed E-state index contributed by atoms with van der Waals surface area (Å²) in [5.74, 6) is -3.66. The predicted octanol–water partition coefficient (Wildman–Crippen LogP) is 4.67. The molecule has 1 aliphatic heterocycles. The van der Waals surface area contributed by atoms with Crippen LogP contribution in [0.1, 0.15) is 36.8 Å². The minimum Gasteiger partial charge on any atom is -0.422 e. The van der Waals surface area contributed by atoms with Gasteiger partial charge in [-0.3, -0.25) is 19.2 Å². The van der Waals surface area contributed by atoms with E-state index in [1.165, 1.54) is 47.7 Å². The molecule has 2 heterocycles. The van der Waals surface area contributed by atoms with Crippen molar-refractivity contribution in [3.05, 3.63) is 99.2 Å². The molecule has 4 unspecified atom stereocenters. The summed E-state index contributed by atoms with van der Waals surface area (Å²) >= 11 is 7.52. The molecule has 3 amide bonds. The van der Waals surface area contributed by atoms with Crippen molar-refractivity contribution in [2.45, 2.75) is 6.42 Å². The molecule has 196 valence electrons. The SMILES string of the molecule is O=C(CN(C(=O)c1ccccc1Cl)N1C(=O)C2C3C=CC(C3)C2C1=O)c1ccc(OC(=O)c2cccs2)cc1. The van der Waals surface area contributed by atoms with Gasteiger partial charge in [-0.05, 0) is 66.1 Å². The molecule has 1 saturated heterocycles. The minimum atomic E-state index is -0.725. The Kier molecular flexibility index (Phi) is 6.40. The van der Waals surface area contributed by atoms with Crippen molar-refractivity contribution >= 4 is 52.4 Å². The number of esters is 1. The molecule has 2 fully saturated rings. The van der Waals surface area contributed by atoms with E-state index in [1.54, 1.807) is 29.6 Å². The maximum absolute atomic E-state index is 13.7. The molecular weight excluding hydrogens is 540 g/mol. The number of halogens is 1. The highest BCUT2D eigenvalue weighted by Gasteiger charge is 2.61. The highest BCUT2D eigenvalue weighted by atomic mass is 35.5. The fourth-order valence-corrected chi connectivity index (χ4v) is 6.44. The van der Waals surface area contributed by atoms with Gasteiger partial charge >= 0.3 is 5.97 Å². The summed E-state index contributed by atoms with van der Waals surface area (Å²) < 4.78 is 5.34. The van der Waals surface area contributed by atoms with Gasteiger partial charge in [0.1, 0.15) is 17.2 Å². The molecule has 39 heavy (non-hydrogen) atoms. The number of amides is 3. The van der Waals surface area contributed by atoms with Crippen molar-refractivity contribution in [1.82, 2.24) is 10.0 Å². The van der Waals surface area contributed by atoms with Gasteiger partial charge < -0.3 is 4.74 Å². The zero-order valence-electron chi connectivity index (χ0n) is 20.4. The lowest BCUT2D eigenvalue weighted by molar-refractivity contribution is -0.154. The molecule has 0 spiro atoms. The summed E-state index contributed by atoms with van der Waals surface area (Å²) in [6.45, 7) is -0.557. The number of allylic oxidation sites excluding steroid dienone is 2. The Morgan fingerprint density at radius 1 is 0.923 bits per heavy atom. The van der Waals surface area contributed by atoms with Gasteiger partial charge in [-0.2, -0.15) is 5.01 Å². The lowest BCUT2D eigenvalue weighted by atomic mass is 9.85. The standard InChI is InChI=1S/C29H21ClN2O6S/c30-21-5-2-1-4-20(21)26(34)31(32-27(35)24-17-7-8-18(14-17)25(24)28(32)36)15-22(33)16-9-11-19(12-10-16)38-29(37)23-6-3-13-39-23/h1-13,17-18,24-25H,14-15H2. The number of ether oxygens (including phenoxy) is 1. The van der Waals surface area contributed by atoms with E-state index in [2.05, 4.69) is 0 Å². The van der Waals surface area contributed by atoms with Gasteiger partial charge in [-0.25, -0.2) is 9.80 Å². The number of hydrogen-bond donors (Lipinski definition) is 0. The number of nitrogens with zero attached hydrogens (tertiary/aromatic N) is 2. The van der Waals surface area contributed by atoms with E-state index in [4.69, 9.17) is 16.3 Å². The number of benzene rings is 2. The largest absolute Gasteiger partial charge is 0.422 e. The van der Waals surface area contributed by atoms with Crippen LogP contribution in [0.5, 0.6) is 5.75 Å². The molecule has 0 N–H and O–H groups in total. The third-order valence-corrected chi connectivity index (χ3v) is 8.61. The zero-order valence-corrected chi connectivity index (χ0v) is 21.9. The van der Waals surface area contributed by atoms with Crippen molar-refractivity contribution in [3.63, 3.8) is 0 Å². The molecule has 3 aromatic rings. The van der Waals surface area contributed by atoms with Crippen molar-refractivity contribution in [1.29, 1.82) is 0 Å². The highest BCUT2D eigenvalue weighted by Crippen LogP contribution is 2.52. The maximum Gasteiger partial charge on any atom is 0.353 e. The first-order valence-corrected chi connectivity index (χ1v) is 13.6. The molecule has 10 heteroatoms. The van der Waals surface area contributed by atoms with Crippen molar-refractivity contribution in [2.75, 3.05) is 6.54 Å². The third kappa shape index (κ3) is 4.37. The lowest BCUT2D eigenvalue weighted by Crippen LogP contribution is -2.52. The quantitative estimate of drug-likeness (QED) is 0.137. The second-order valence-corrected chi connectivity index (χ2v) is 11.0. The number of thiophene rings is 1. The van der Waals surface area contributed by atoms with E-state index >= 15 is 0 Å². The molecule has 2 aromatic carbocycles. The van der Waals surface area contributed by atoms with Crippen LogP contribution in [0.3, 0.4) is 0 Å². The van der Waals surface area contributed by atoms with Crippen LogP contribution >= 0.6 is 22.9 Å². The lowest BCUT2D eigenvalue weighted by Gasteiger charge is -2.31. The first kappa shape index (κ1) is 25.2. The van der Waals surface area contributed by atoms with Gasteiger partial charge in [0.2, 0.25) is 0 Å². The van der Waals surface area contributed by atoms with Crippen LogP contribution in [0.2, 0.25) is 5.02 Å². The maximum atomic E-state index is 13.7. The molecule has 0 radical (unpaired) electrons.